The van der Waals surface area contributed by atoms with Gasteiger partial charge in [-0.3, -0.25) is 14.4 Å². The topological polar surface area (TPSA) is 75.7 Å². The molecule has 1 N–H and O–H groups in total. The summed E-state index contributed by atoms with van der Waals surface area (Å²) < 4.78 is 30.1. The van der Waals surface area contributed by atoms with Crippen molar-refractivity contribution < 1.29 is 17.9 Å². The molecule has 1 heterocycles. The number of carbonyl (C=O) groups is 1. The van der Waals surface area contributed by atoms with Crippen molar-refractivity contribution in [2.24, 2.45) is 0 Å². The van der Waals surface area contributed by atoms with E-state index in [0.717, 1.165) is 24.9 Å². The molecule has 0 radical (unpaired) electrons. The Morgan fingerprint density at radius 2 is 2.00 bits per heavy atom. The number of carbonyl (C=O) groups excluding carboxylic acids is 1. The number of morpholine rings is 1. The van der Waals surface area contributed by atoms with E-state index < -0.39 is 10.0 Å². The monoisotopic (exact) mass is 348 g/mol. The standard InChI is InChI=1S/C14H20N2O4S.ClH/c1-21(18,19)15-13-4-2-3-12(9-13)10-14(17)11-16-5-7-20-8-6-16;/h2-4,9,15H,5-8,10-11H2,1H3;1H. The third-order valence-corrected chi connectivity index (χ3v) is 3.74. The van der Waals surface area contributed by atoms with Crippen molar-refractivity contribution in [1.82, 2.24) is 4.90 Å². The number of nitrogens with one attached hydrogen (secondary N) is 1. The van der Waals surface area contributed by atoms with Crippen molar-refractivity contribution >= 4 is 33.9 Å². The van der Waals surface area contributed by atoms with E-state index in [2.05, 4.69) is 9.62 Å². The number of Topliss-reactive ketones (excluding diaryl/α,β-unsaturated/α-hetero) is 1. The van der Waals surface area contributed by atoms with Crippen LogP contribution in [0.3, 0.4) is 0 Å². The Bertz CT molecular complexity index is 601. The molecular weight excluding hydrogens is 328 g/mol. The summed E-state index contributed by atoms with van der Waals surface area (Å²) in [7, 11) is -3.30. The lowest BCUT2D eigenvalue weighted by atomic mass is 10.1. The Morgan fingerprint density at radius 1 is 1.32 bits per heavy atom. The van der Waals surface area contributed by atoms with Crippen LogP contribution in [0.2, 0.25) is 0 Å². The van der Waals surface area contributed by atoms with Crippen LogP contribution in [0.5, 0.6) is 0 Å². The highest BCUT2D eigenvalue weighted by molar-refractivity contribution is 7.92. The highest BCUT2D eigenvalue weighted by atomic mass is 35.5. The van der Waals surface area contributed by atoms with Crippen LogP contribution in [0.4, 0.5) is 5.69 Å². The zero-order valence-corrected chi connectivity index (χ0v) is 14.1. The van der Waals surface area contributed by atoms with Crippen molar-refractivity contribution in [3.8, 4) is 0 Å². The van der Waals surface area contributed by atoms with E-state index in [1.54, 1.807) is 18.2 Å². The summed E-state index contributed by atoms with van der Waals surface area (Å²) in [6.07, 6.45) is 1.40. The lowest BCUT2D eigenvalue weighted by molar-refractivity contribution is -0.120. The molecule has 124 valence electrons. The molecule has 8 heteroatoms. The second-order valence-electron chi connectivity index (χ2n) is 5.18. The fourth-order valence-corrected chi connectivity index (χ4v) is 2.81. The normalized spacial score (nSPS) is 15.9. The molecule has 0 unspecified atom stereocenters. The van der Waals surface area contributed by atoms with Gasteiger partial charge in [-0.25, -0.2) is 8.42 Å². The molecule has 1 aliphatic heterocycles. The van der Waals surface area contributed by atoms with Crippen LogP contribution < -0.4 is 4.72 Å². The molecule has 6 nitrogen and oxygen atoms in total. The van der Waals surface area contributed by atoms with Gasteiger partial charge in [0.2, 0.25) is 10.0 Å². The first kappa shape index (κ1) is 18.9. The first-order valence-corrected chi connectivity index (χ1v) is 8.70. The molecule has 1 saturated heterocycles. The number of anilines is 1. The average molecular weight is 349 g/mol. The molecule has 1 aliphatic rings. The van der Waals surface area contributed by atoms with Crippen LogP contribution in [-0.4, -0.2) is 58.2 Å². The van der Waals surface area contributed by atoms with Crippen LogP contribution in [0, 0.1) is 0 Å². The first-order chi connectivity index (χ1) is 9.92. The van der Waals surface area contributed by atoms with Gasteiger partial charge in [-0.2, -0.15) is 0 Å². The zero-order valence-electron chi connectivity index (χ0n) is 12.4. The number of ketones is 1. The molecule has 0 amide bonds. The van der Waals surface area contributed by atoms with Crippen LogP contribution in [0.15, 0.2) is 24.3 Å². The second kappa shape index (κ2) is 8.47. The maximum absolute atomic E-state index is 12.1. The molecule has 0 atom stereocenters. The number of nitrogens with zero attached hydrogens (tertiary/aromatic N) is 1. The van der Waals surface area contributed by atoms with E-state index in [-0.39, 0.29) is 18.2 Å². The van der Waals surface area contributed by atoms with Gasteiger partial charge in [0, 0.05) is 25.2 Å². The summed E-state index contributed by atoms with van der Waals surface area (Å²) in [5.41, 5.74) is 1.29. The summed E-state index contributed by atoms with van der Waals surface area (Å²) in [4.78, 5) is 14.1. The van der Waals surface area contributed by atoms with Gasteiger partial charge in [-0.15, -0.1) is 12.4 Å². The Hall–Kier alpha value is -1.15. The Morgan fingerprint density at radius 3 is 2.64 bits per heavy atom. The minimum absolute atomic E-state index is 0. The fraction of sp³-hybridized carbons (Fsp3) is 0.500. The highest BCUT2D eigenvalue weighted by Gasteiger charge is 2.14. The summed E-state index contributed by atoms with van der Waals surface area (Å²) >= 11 is 0. The van der Waals surface area contributed by atoms with Crippen molar-refractivity contribution in [3.05, 3.63) is 29.8 Å². The van der Waals surface area contributed by atoms with Crippen molar-refractivity contribution in [2.45, 2.75) is 6.42 Å². The van der Waals surface area contributed by atoms with E-state index in [1.165, 1.54) is 0 Å². The minimum Gasteiger partial charge on any atom is -0.379 e. The minimum atomic E-state index is -3.30. The molecule has 22 heavy (non-hydrogen) atoms. The number of halogens is 1. The number of hydrogen-bond acceptors (Lipinski definition) is 5. The maximum Gasteiger partial charge on any atom is 0.229 e. The van der Waals surface area contributed by atoms with Crippen LogP contribution in [0.25, 0.3) is 0 Å². The smallest absolute Gasteiger partial charge is 0.229 e. The average Bonchev–Trinajstić information content (AvgIpc) is 2.38. The Kier molecular flexibility index (Phi) is 7.28. The van der Waals surface area contributed by atoms with E-state index in [4.69, 9.17) is 4.74 Å². The number of rotatable bonds is 6. The van der Waals surface area contributed by atoms with Gasteiger partial charge in [0.05, 0.1) is 26.0 Å². The SMILES string of the molecule is CS(=O)(=O)Nc1cccc(CC(=O)CN2CCOCC2)c1.Cl. The molecule has 0 saturated carbocycles. The predicted octanol–water partition coefficient (Wildman–Crippen LogP) is 0.924. The third-order valence-electron chi connectivity index (χ3n) is 3.14. The first-order valence-electron chi connectivity index (χ1n) is 6.81. The number of benzene rings is 1. The molecule has 0 bridgehead atoms. The Labute approximate surface area is 137 Å². The van der Waals surface area contributed by atoms with Gasteiger partial charge in [0.15, 0.2) is 5.78 Å². The van der Waals surface area contributed by atoms with Crippen LogP contribution in [0.1, 0.15) is 5.56 Å². The molecule has 0 spiro atoms. The fourth-order valence-electron chi connectivity index (χ4n) is 2.25. The maximum atomic E-state index is 12.1. The van der Waals surface area contributed by atoms with Crippen molar-refractivity contribution in [3.63, 3.8) is 0 Å². The van der Waals surface area contributed by atoms with Gasteiger partial charge in [0.1, 0.15) is 0 Å². The van der Waals surface area contributed by atoms with Gasteiger partial charge in [-0.05, 0) is 17.7 Å². The summed E-state index contributed by atoms with van der Waals surface area (Å²) in [5, 5.41) is 0. The van der Waals surface area contributed by atoms with Gasteiger partial charge < -0.3 is 4.74 Å². The zero-order chi connectivity index (χ0) is 15.3. The predicted molar refractivity (Wildman–Crippen MR) is 88.1 cm³/mol. The quantitative estimate of drug-likeness (QED) is 0.827. The summed E-state index contributed by atoms with van der Waals surface area (Å²) in [6, 6.07) is 6.92. The van der Waals surface area contributed by atoms with Gasteiger partial charge in [0.25, 0.3) is 0 Å². The summed E-state index contributed by atoms with van der Waals surface area (Å²) in [5.74, 6) is 0.119. The number of hydrogen-bond donors (Lipinski definition) is 1. The van der Waals surface area contributed by atoms with Crippen LogP contribution >= 0.6 is 12.4 Å². The van der Waals surface area contributed by atoms with E-state index in [9.17, 15) is 13.2 Å². The summed E-state index contributed by atoms with van der Waals surface area (Å²) in [6.45, 7) is 3.30. The number of ether oxygens (including phenoxy) is 1. The molecule has 1 aromatic rings. The Balaban J connectivity index is 0.00000242. The molecule has 0 aromatic heterocycles. The van der Waals surface area contributed by atoms with E-state index in [0.29, 0.717) is 31.9 Å². The largest absolute Gasteiger partial charge is 0.379 e. The lowest BCUT2D eigenvalue weighted by Gasteiger charge is -2.25. The van der Waals surface area contributed by atoms with Gasteiger partial charge in [-0.1, -0.05) is 12.1 Å². The van der Waals surface area contributed by atoms with Crippen molar-refractivity contribution in [2.75, 3.05) is 43.8 Å². The lowest BCUT2D eigenvalue weighted by Crippen LogP contribution is -2.39. The molecule has 0 aliphatic carbocycles. The second-order valence-corrected chi connectivity index (χ2v) is 6.93. The number of sulfonamides is 1. The van der Waals surface area contributed by atoms with Gasteiger partial charge >= 0.3 is 0 Å². The van der Waals surface area contributed by atoms with E-state index in [1.807, 2.05) is 6.07 Å². The van der Waals surface area contributed by atoms with Crippen LogP contribution in [-0.2, 0) is 26.0 Å². The molecular formula is C14H21ClN2O4S. The third kappa shape index (κ3) is 6.74. The molecule has 1 aromatic carbocycles. The van der Waals surface area contributed by atoms with E-state index >= 15 is 0 Å². The van der Waals surface area contributed by atoms with Crippen molar-refractivity contribution in [1.29, 1.82) is 0 Å². The molecule has 1 fully saturated rings. The molecule has 2 rings (SSSR count). The highest BCUT2D eigenvalue weighted by Crippen LogP contribution is 2.13.